The average molecular weight is 423 g/mol. The average Bonchev–Trinajstić information content (AvgIpc) is 2.68. The van der Waals surface area contributed by atoms with Crippen molar-refractivity contribution in [2.24, 2.45) is 23.2 Å². The van der Waals surface area contributed by atoms with Crippen molar-refractivity contribution in [2.45, 2.75) is 117 Å². The lowest BCUT2D eigenvalue weighted by molar-refractivity contribution is -0.196. The summed E-state index contributed by atoms with van der Waals surface area (Å²) in [5.74, 6) is 2.48. The molecule has 5 nitrogen and oxygen atoms in total. The summed E-state index contributed by atoms with van der Waals surface area (Å²) in [5, 5.41) is 0. The Labute approximate surface area is 182 Å². The van der Waals surface area contributed by atoms with Crippen LogP contribution in [0.25, 0.3) is 0 Å². The Bertz CT molecular complexity index is 555. The largest absolute Gasteiger partial charge is 0.459 e. The molecule has 1 aliphatic heterocycles. The summed E-state index contributed by atoms with van der Waals surface area (Å²) in [6.07, 6.45) is 12.7. The van der Waals surface area contributed by atoms with E-state index in [2.05, 4.69) is 0 Å². The molecule has 0 N–H and O–H groups in total. The molecule has 4 saturated carbocycles. The van der Waals surface area contributed by atoms with Crippen molar-refractivity contribution >= 4 is 11.9 Å². The first kappa shape index (κ1) is 23.6. The predicted molar refractivity (Wildman–Crippen MR) is 116 cm³/mol. The van der Waals surface area contributed by atoms with Crippen LogP contribution in [0.15, 0.2) is 0 Å². The van der Waals surface area contributed by atoms with Crippen molar-refractivity contribution < 1.29 is 23.8 Å². The number of carbonyl (C=O) groups is 2. The molecule has 0 aromatic rings. The fourth-order valence-electron chi connectivity index (χ4n) is 5.88. The molecule has 1 saturated heterocycles. The molecule has 5 rings (SSSR count). The Balaban J connectivity index is 0.000000173. The maximum absolute atomic E-state index is 11.7. The highest BCUT2D eigenvalue weighted by Crippen LogP contribution is 2.57. The quantitative estimate of drug-likeness (QED) is 0.507. The van der Waals surface area contributed by atoms with Crippen LogP contribution in [-0.4, -0.2) is 30.4 Å². The molecule has 1 heterocycles. The van der Waals surface area contributed by atoms with Gasteiger partial charge in [0.2, 0.25) is 6.29 Å². The van der Waals surface area contributed by atoms with Crippen molar-refractivity contribution in [3.8, 4) is 0 Å². The minimum absolute atomic E-state index is 0.0268. The second-order valence-electron chi connectivity index (χ2n) is 10.8. The van der Waals surface area contributed by atoms with Gasteiger partial charge in [-0.1, -0.05) is 13.8 Å². The Morgan fingerprint density at radius 2 is 1.60 bits per heavy atom. The summed E-state index contributed by atoms with van der Waals surface area (Å²) in [6.45, 7) is 8.55. The van der Waals surface area contributed by atoms with Crippen LogP contribution in [0.2, 0.25) is 0 Å². The number of ether oxygens (including phenoxy) is 3. The molecule has 4 aliphatic carbocycles. The zero-order valence-corrected chi connectivity index (χ0v) is 19.5. The van der Waals surface area contributed by atoms with Crippen molar-refractivity contribution in [3.63, 3.8) is 0 Å². The van der Waals surface area contributed by atoms with Gasteiger partial charge in [0.1, 0.15) is 5.60 Å². The fourth-order valence-corrected chi connectivity index (χ4v) is 5.88. The van der Waals surface area contributed by atoms with E-state index in [0.29, 0.717) is 13.0 Å². The first-order chi connectivity index (χ1) is 14.2. The highest BCUT2D eigenvalue weighted by Gasteiger charge is 2.53. The Hall–Kier alpha value is -1.10. The minimum Gasteiger partial charge on any atom is -0.459 e. The van der Waals surface area contributed by atoms with Gasteiger partial charge in [-0.3, -0.25) is 9.59 Å². The number of rotatable bonds is 6. The molecule has 30 heavy (non-hydrogen) atoms. The summed E-state index contributed by atoms with van der Waals surface area (Å²) in [6, 6.07) is 0. The van der Waals surface area contributed by atoms with Crippen LogP contribution in [0.4, 0.5) is 0 Å². The first-order valence-corrected chi connectivity index (χ1v) is 12.3. The Kier molecular flexibility index (Phi) is 7.86. The van der Waals surface area contributed by atoms with Crippen molar-refractivity contribution in [1.82, 2.24) is 0 Å². The first-order valence-electron chi connectivity index (χ1n) is 12.3. The maximum atomic E-state index is 11.7. The van der Waals surface area contributed by atoms with E-state index in [1.165, 1.54) is 19.3 Å². The molecule has 5 fully saturated rings. The molecule has 4 bridgehead atoms. The molecule has 0 spiro atoms. The molecular formula is C25H42O5. The van der Waals surface area contributed by atoms with Crippen LogP contribution in [0.3, 0.4) is 0 Å². The van der Waals surface area contributed by atoms with Gasteiger partial charge >= 0.3 is 11.9 Å². The predicted octanol–water partition coefficient (Wildman–Crippen LogP) is 5.79. The molecule has 1 atom stereocenters. The van der Waals surface area contributed by atoms with Gasteiger partial charge < -0.3 is 14.2 Å². The number of esters is 2. The maximum Gasteiger partial charge on any atom is 0.313 e. The van der Waals surface area contributed by atoms with Crippen molar-refractivity contribution in [1.29, 1.82) is 0 Å². The second-order valence-corrected chi connectivity index (χ2v) is 10.8. The van der Waals surface area contributed by atoms with Gasteiger partial charge in [-0.25, -0.2) is 0 Å². The minimum atomic E-state index is -0.388. The molecule has 0 aromatic carbocycles. The topological polar surface area (TPSA) is 61.8 Å². The van der Waals surface area contributed by atoms with Gasteiger partial charge in [-0.05, 0) is 95.8 Å². The summed E-state index contributed by atoms with van der Waals surface area (Å²) >= 11 is 0. The summed E-state index contributed by atoms with van der Waals surface area (Å²) in [5.41, 5.74) is -0.415. The fraction of sp³-hybridized carbons (Fsp3) is 0.920. The zero-order valence-electron chi connectivity index (χ0n) is 19.5. The summed E-state index contributed by atoms with van der Waals surface area (Å²) in [4.78, 5) is 23.4. The van der Waals surface area contributed by atoms with Crippen molar-refractivity contribution in [3.05, 3.63) is 0 Å². The van der Waals surface area contributed by atoms with Crippen LogP contribution >= 0.6 is 0 Å². The van der Waals surface area contributed by atoms with E-state index in [-0.39, 0.29) is 29.2 Å². The van der Waals surface area contributed by atoms with Gasteiger partial charge in [-0.2, -0.15) is 0 Å². The van der Waals surface area contributed by atoms with Crippen LogP contribution in [0.1, 0.15) is 105 Å². The van der Waals surface area contributed by atoms with E-state index in [0.717, 1.165) is 69.1 Å². The van der Waals surface area contributed by atoms with Gasteiger partial charge in [0.25, 0.3) is 0 Å². The van der Waals surface area contributed by atoms with E-state index in [4.69, 9.17) is 14.2 Å². The van der Waals surface area contributed by atoms with E-state index in [1.807, 2.05) is 27.7 Å². The lowest BCUT2D eigenvalue weighted by atomic mass is 9.54. The van der Waals surface area contributed by atoms with Crippen LogP contribution in [0, 0.1) is 23.2 Å². The molecular weight excluding hydrogens is 380 g/mol. The van der Waals surface area contributed by atoms with Gasteiger partial charge in [-0.15, -0.1) is 0 Å². The Morgan fingerprint density at radius 1 is 1.00 bits per heavy atom. The third kappa shape index (κ3) is 5.99. The molecule has 0 amide bonds. The third-order valence-electron chi connectivity index (χ3n) is 7.58. The van der Waals surface area contributed by atoms with Gasteiger partial charge in [0.15, 0.2) is 0 Å². The molecule has 0 radical (unpaired) electrons. The molecule has 5 aliphatic rings. The smallest absolute Gasteiger partial charge is 0.313 e. The van der Waals surface area contributed by atoms with Crippen LogP contribution < -0.4 is 0 Å². The van der Waals surface area contributed by atoms with Crippen LogP contribution in [-0.2, 0) is 23.8 Å². The van der Waals surface area contributed by atoms with Crippen LogP contribution in [0.5, 0.6) is 0 Å². The summed E-state index contributed by atoms with van der Waals surface area (Å²) in [7, 11) is 0. The molecule has 172 valence electrons. The standard InChI is InChI=1S/C14H22O2.C11H20O3/c1-2-3-13(15)16-14-7-10-4-11(8-14)6-12(5-10)9-14;1-4-11(2,3)10(12)14-9-7-5-6-8-13-9/h10-12H,2-9H2,1H3;9H,4-8H2,1-3H3. The molecule has 0 aromatic heterocycles. The highest BCUT2D eigenvalue weighted by molar-refractivity contribution is 5.75. The molecule has 5 heteroatoms. The Morgan fingerprint density at radius 3 is 2.07 bits per heavy atom. The van der Waals surface area contributed by atoms with E-state index >= 15 is 0 Å². The lowest BCUT2D eigenvalue weighted by Gasteiger charge is -2.55. The number of hydrogen-bond acceptors (Lipinski definition) is 5. The third-order valence-corrected chi connectivity index (χ3v) is 7.58. The zero-order chi connectivity index (χ0) is 21.8. The lowest BCUT2D eigenvalue weighted by Crippen LogP contribution is -2.52. The van der Waals surface area contributed by atoms with Gasteiger partial charge in [0, 0.05) is 12.8 Å². The normalized spacial score (nSPS) is 34.7. The van der Waals surface area contributed by atoms with Gasteiger partial charge in [0.05, 0.1) is 12.0 Å². The monoisotopic (exact) mass is 422 g/mol. The van der Waals surface area contributed by atoms with E-state index < -0.39 is 0 Å². The summed E-state index contributed by atoms with van der Waals surface area (Å²) < 4.78 is 16.5. The number of carbonyl (C=O) groups excluding carboxylic acids is 2. The highest BCUT2D eigenvalue weighted by atomic mass is 16.7. The second kappa shape index (κ2) is 10.0. The SMILES string of the molecule is CCC(C)(C)C(=O)OC1CCCCO1.CCCC(=O)OC12CC3CC(CC(C3)C1)C2. The number of hydrogen-bond donors (Lipinski definition) is 0. The van der Waals surface area contributed by atoms with Crippen molar-refractivity contribution in [2.75, 3.05) is 6.61 Å². The van der Waals surface area contributed by atoms with E-state index in [1.54, 1.807) is 0 Å². The molecule has 1 unspecified atom stereocenters. The van der Waals surface area contributed by atoms with E-state index in [9.17, 15) is 9.59 Å².